The maximum Gasteiger partial charge on any atom is 0.246 e. The van der Waals surface area contributed by atoms with Gasteiger partial charge < -0.3 is 19.9 Å². The second-order valence-corrected chi connectivity index (χ2v) is 7.04. The van der Waals surface area contributed by atoms with E-state index in [1.54, 1.807) is 49.4 Å². The molecule has 1 heterocycles. The molecule has 1 aliphatic rings. The fourth-order valence-electron chi connectivity index (χ4n) is 3.15. The van der Waals surface area contributed by atoms with Gasteiger partial charge in [-0.1, -0.05) is 12.1 Å². The number of nitrogens with one attached hydrogen (secondary N) is 1. The first-order valence-corrected chi connectivity index (χ1v) is 9.74. The molecule has 1 aliphatic heterocycles. The smallest absolute Gasteiger partial charge is 0.246 e. The van der Waals surface area contributed by atoms with Crippen molar-refractivity contribution in [3.63, 3.8) is 0 Å². The standard InChI is InChI=1S/C23H25N3O4/c1-25(16-21(27)24-18-8-12-20(30-2)13-9-18)22(28)14-7-17-5-10-19(11-6-17)26-15-3-4-23(26)29/h5-14H,3-4,15-16H2,1-2H3,(H,24,27)/b14-7+. The van der Waals surface area contributed by atoms with Crippen LogP contribution in [0.1, 0.15) is 18.4 Å². The average molecular weight is 407 g/mol. The monoisotopic (exact) mass is 407 g/mol. The number of ether oxygens (including phenoxy) is 1. The van der Waals surface area contributed by atoms with Crippen molar-refractivity contribution in [1.29, 1.82) is 0 Å². The Morgan fingerprint density at radius 3 is 2.43 bits per heavy atom. The van der Waals surface area contributed by atoms with Crippen LogP contribution in [0, 0.1) is 0 Å². The number of carbonyl (C=O) groups is 3. The van der Waals surface area contributed by atoms with Crippen molar-refractivity contribution in [2.45, 2.75) is 12.8 Å². The summed E-state index contributed by atoms with van der Waals surface area (Å²) < 4.78 is 5.08. The molecule has 7 nitrogen and oxygen atoms in total. The van der Waals surface area contributed by atoms with Gasteiger partial charge in [0.05, 0.1) is 13.7 Å². The molecule has 0 saturated carbocycles. The van der Waals surface area contributed by atoms with Crippen LogP contribution in [0.5, 0.6) is 5.75 Å². The quantitative estimate of drug-likeness (QED) is 0.716. The lowest BCUT2D eigenvalue weighted by Crippen LogP contribution is -2.33. The van der Waals surface area contributed by atoms with E-state index in [-0.39, 0.29) is 24.3 Å². The number of benzene rings is 2. The molecule has 0 radical (unpaired) electrons. The van der Waals surface area contributed by atoms with Gasteiger partial charge in [-0.2, -0.15) is 0 Å². The predicted molar refractivity (Wildman–Crippen MR) is 116 cm³/mol. The fraction of sp³-hybridized carbons (Fsp3) is 0.261. The van der Waals surface area contributed by atoms with E-state index < -0.39 is 0 Å². The van der Waals surface area contributed by atoms with Crippen molar-refractivity contribution in [2.24, 2.45) is 0 Å². The van der Waals surface area contributed by atoms with Crippen LogP contribution in [0.15, 0.2) is 54.6 Å². The largest absolute Gasteiger partial charge is 0.497 e. The van der Waals surface area contributed by atoms with Crippen LogP contribution in [0.4, 0.5) is 11.4 Å². The summed E-state index contributed by atoms with van der Waals surface area (Å²) in [6.45, 7) is 0.682. The molecule has 1 saturated heterocycles. The summed E-state index contributed by atoms with van der Waals surface area (Å²) in [6.07, 6.45) is 4.59. The van der Waals surface area contributed by atoms with Gasteiger partial charge >= 0.3 is 0 Å². The van der Waals surface area contributed by atoms with Gasteiger partial charge in [-0.3, -0.25) is 14.4 Å². The molecule has 0 unspecified atom stereocenters. The molecule has 2 aromatic rings. The Kier molecular flexibility index (Phi) is 6.85. The first kappa shape index (κ1) is 21.1. The third kappa shape index (κ3) is 5.47. The number of rotatable bonds is 7. The second kappa shape index (κ2) is 9.73. The van der Waals surface area contributed by atoms with E-state index in [9.17, 15) is 14.4 Å². The van der Waals surface area contributed by atoms with E-state index in [0.717, 1.165) is 24.2 Å². The van der Waals surface area contributed by atoms with Crippen molar-refractivity contribution in [3.05, 3.63) is 60.2 Å². The Morgan fingerprint density at radius 1 is 1.13 bits per heavy atom. The minimum atomic E-state index is -0.288. The normalized spacial score (nSPS) is 13.5. The number of carbonyl (C=O) groups excluding carboxylic acids is 3. The summed E-state index contributed by atoms with van der Waals surface area (Å²) in [6, 6.07) is 14.4. The highest BCUT2D eigenvalue weighted by molar-refractivity contribution is 5.98. The zero-order valence-electron chi connectivity index (χ0n) is 17.1. The molecular weight excluding hydrogens is 382 g/mol. The number of amides is 3. The summed E-state index contributed by atoms with van der Waals surface area (Å²) in [4.78, 5) is 39.4. The molecule has 3 amide bonds. The highest BCUT2D eigenvalue weighted by Crippen LogP contribution is 2.22. The van der Waals surface area contributed by atoms with Gasteiger partial charge in [0.15, 0.2) is 0 Å². The van der Waals surface area contributed by atoms with Gasteiger partial charge in [0.25, 0.3) is 0 Å². The van der Waals surface area contributed by atoms with Crippen molar-refractivity contribution in [3.8, 4) is 5.75 Å². The van der Waals surface area contributed by atoms with Crippen LogP contribution in [0.3, 0.4) is 0 Å². The van der Waals surface area contributed by atoms with Crippen molar-refractivity contribution in [1.82, 2.24) is 4.90 Å². The maximum absolute atomic E-state index is 12.3. The summed E-state index contributed by atoms with van der Waals surface area (Å²) in [5, 5.41) is 2.74. The molecule has 1 fully saturated rings. The summed E-state index contributed by atoms with van der Waals surface area (Å²) in [5.74, 6) is 0.274. The Hall–Kier alpha value is -3.61. The number of hydrogen-bond acceptors (Lipinski definition) is 4. The zero-order valence-corrected chi connectivity index (χ0v) is 17.1. The van der Waals surface area contributed by atoms with Gasteiger partial charge in [-0.15, -0.1) is 0 Å². The number of methoxy groups -OCH3 is 1. The Labute approximate surface area is 175 Å². The van der Waals surface area contributed by atoms with Crippen LogP contribution >= 0.6 is 0 Å². The van der Waals surface area contributed by atoms with Crippen molar-refractivity contribution >= 4 is 35.2 Å². The number of likely N-dealkylation sites (N-methyl/N-ethyl adjacent to an activating group) is 1. The maximum atomic E-state index is 12.3. The molecule has 30 heavy (non-hydrogen) atoms. The van der Waals surface area contributed by atoms with E-state index in [0.29, 0.717) is 17.9 Å². The van der Waals surface area contributed by atoms with Gasteiger partial charge in [-0.25, -0.2) is 0 Å². The minimum Gasteiger partial charge on any atom is -0.497 e. The molecule has 2 aromatic carbocycles. The molecule has 156 valence electrons. The van der Waals surface area contributed by atoms with Crippen molar-refractivity contribution in [2.75, 3.05) is 37.5 Å². The third-order valence-corrected chi connectivity index (χ3v) is 4.83. The first-order valence-electron chi connectivity index (χ1n) is 9.74. The summed E-state index contributed by atoms with van der Waals surface area (Å²) >= 11 is 0. The highest BCUT2D eigenvalue weighted by atomic mass is 16.5. The molecule has 0 spiro atoms. The fourth-order valence-corrected chi connectivity index (χ4v) is 3.15. The van der Waals surface area contributed by atoms with Gasteiger partial charge in [0.2, 0.25) is 17.7 Å². The lowest BCUT2D eigenvalue weighted by molar-refractivity contribution is -0.129. The molecular formula is C23H25N3O4. The van der Waals surface area contributed by atoms with Gasteiger partial charge in [-0.05, 0) is 54.5 Å². The summed E-state index contributed by atoms with van der Waals surface area (Å²) in [7, 11) is 3.15. The van der Waals surface area contributed by atoms with E-state index in [1.807, 2.05) is 24.3 Å². The van der Waals surface area contributed by atoms with Crippen LogP contribution in [-0.2, 0) is 14.4 Å². The second-order valence-electron chi connectivity index (χ2n) is 7.04. The van der Waals surface area contributed by atoms with E-state index in [4.69, 9.17) is 4.74 Å². The Bertz CT molecular complexity index is 936. The van der Waals surface area contributed by atoms with Crippen LogP contribution in [-0.4, -0.2) is 49.9 Å². The topological polar surface area (TPSA) is 79.0 Å². The molecule has 0 aliphatic carbocycles. The van der Waals surface area contributed by atoms with E-state index in [1.165, 1.54) is 11.0 Å². The van der Waals surface area contributed by atoms with Gasteiger partial charge in [0, 0.05) is 37.5 Å². The van der Waals surface area contributed by atoms with Crippen LogP contribution in [0.25, 0.3) is 6.08 Å². The average Bonchev–Trinajstić information content (AvgIpc) is 3.18. The summed E-state index contributed by atoms with van der Waals surface area (Å²) in [5.41, 5.74) is 2.34. The molecule has 0 atom stereocenters. The van der Waals surface area contributed by atoms with Crippen molar-refractivity contribution < 1.29 is 19.1 Å². The lowest BCUT2D eigenvalue weighted by atomic mass is 10.2. The highest BCUT2D eigenvalue weighted by Gasteiger charge is 2.21. The zero-order chi connectivity index (χ0) is 21.5. The predicted octanol–water partition coefficient (Wildman–Crippen LogP) is 2.93. The van der Waals surface area contributed by atoms with E-state index >= 15 is 0 Å². The lowest BCUT2D eigenvalue weighted by Gasteiger charge is -2.16. The Balaban J connectivity index is 1.51. The number of anilines is 2. The molecule has 7 heteroatoms. The van der Waals surface area contributed by atoms with Crippen LogP contribution in [0.2, 0.25) is 0 Å². The molecule has 0 aromatic heterocycles. The molecule has 1 N–H and O–H groups in total. The van der Waals surface area contributed by atoms with E-state index in [2.05, 4.69) is 5.32 Å². The number of hydrogen-bond donors (Lipinski definition) is 1. The molecule has 3 rings (SSSR count). The Morgan fingerprint density at radius 2 is 1.83 bits per heavy atom. The van der Waals surface area contributed by atoms with Gasteiger partial charge in [0.1, 0.15) is 5.75 Å². The van der Waals surface area contributed by atoms with Crippen LogP contribution < -0.4 is 15.0 Å². The molecule has 0 bridgehead atoms. The SMILES string of the molecule is COc1ccc(NC(=O)CN(C)C(=O)/C=C/c2ccc(N3CCCC3=O)cc2)cc1. The minimum absolute atomic E-state index is 0.0643. The number of nitrogens with zero attached hydrogens (tertiary/aromatic N) is 2. The first-order chi connectivity index (χ1) is 14.5. The third-order valence-electron chi connectivity index (χ3n) is 4.83.